The second kappa shape index (κ2) is 28.6. The summed E-state index contributed by atoms with van der Waals surface area (Å²) in [5.41, 5.74) is 25.9. The lowest BCUT2D eigenvalue weighted by atomic mass is 9.79. The monoisotopic (exact) mass is 1090 g/mol. The Hall–Kier alpha value is -7.30. The molecular weight excluding hydrogens is 1000 g/mol. The minimum absolute atomic E-state index is 0.318. The van der Waals surface area contributed by atoms with Crippen molar-refractivity contribution in [2.24, 2.45) is 11.8 Å². The van der Waals surface area contributed by atoms with E-state index < -0.39 is 0 Å². The van der Waals surface area contributed by atoms with Crippen molar-refractivity contribution in [1.29, 1.82) is 0 Å². The average molecular weight is 1090 g/mol. The van der Waals surface area contributed by atoms with Gasteiger partial charge in [-0.1, -0.05) is 154 Å². The fourth-order valence-electron chi connectivity index (χ4n) is 11.2. The summed E-state index contributed by atoms with van der Waals surface area (Å²) in [6, 6.07) is 50.1. The fourth-order valence-corrected chi connectivity index (χ4v) is 11.2. The minimum Gasteiger partial charge on any atom is -0.423 e. The van der Waals surface area contributed by atoms with Gasteiger partial charge in [-0.3, -0.25) is 0 Å². The van der Waals surface area contributed by atoms with Gasteiger partial charge in [-0.25, -0.2) is 9.59 Å². The van der Waals surface area contributed by atoms with Crippen molar-refractivity contribution >= 4 is 11.9 Å². The number of carbonyl (C=O) groups is 2. The third-order valence-electron chi connectivity index (χ3n) is 17.8. The number of carbonyl (C=O) groups excluding carboxylic acids is 2. The van der Waals surface area contributed by atoms with Gasteiger partial charge in [-0.2, -0.15) is 0 Å². The SMILES string of the molecule is Cc1ccc(C(=O)Oc2ccc(-c3ccc(C)c(C)c3)cc2C)cc1C.Cc1ccc(C2CCC(C)CC2)cc1C.Cc1ccc(C2CCC(C)CC2)cc1C.Cc1ccc(OC(=O)c2ccc(-c3ccc(C)c(C)c3)cc2C)c(C)c1. The Kier molecular flexibility index (Phi) is 21.7. The van der Waals surface area contributed by atoms with Crippen LogP contribution in [0.3, 0.4) is 0 Å². The number of benzene rings is 8. The molecular formula is C78H92O4. The van der Waals surface area contributed by atoms with Crippen molar-refractivity contribution in [1.82, 2.24) is 0 Å². The maximum Gasteiger partial charge on any atom is 0.343 e. The van der Waals surface area contributed by atoms with Crippen molar-refractivity contribution in [3.05, 3.63) is 246 Å². The van der Waals surface area contributed by atoms with E-state index in [1.165, 1.54) is 101 Å². The Morgan fingerprint density at radius 2 is 0.646 bits per heavy atom. The predicted molar refractivity (Wildman–Crippen MR) is 347 cm³/mol. The van der Waals surface area contributed by atoms with Crippen LogP contribution in [0.1, 0.15) is 187 Å². The summed E-state index contributed by atoms with van der Waals surface area (Å²) >= 11 is 0. The van der Waals surface area contributed by atoms with Gasteiger partial charge in [0.2, 0.25) is 0 Å². The van der Waals surface area contributed by atoms with E-state index in [4.69, 9.17) is 9.47 Å². The molecule has 2 aliphatic carbocycles. The Labute approximate surface area is 493 Å². The van der Waals surface area contributed by atoms with Gasteiger partial charge in [0.1, 0.15) is 11.5 Å². The van der Waals surface area contributed by atoms with E-state index in [1.807, 2.05) is 108 Å². The molecule has 4 nitrogen and oxygen atoms in total. The molecule has 82 heavy (non-hydrogen) atoms. The first kappa shape index (κ1) is 62.3. The molecule has 0 N–H and O–H groups in total. The second-order valence-electron chi connectivity index (χ2n) is 24.6. The van der Waals surface area contributed by atoms with Gasteiger partial charge >= 0.3 is 11.9 Å². The molecule has 8 aromatic carbocycles. The van der Waals surface area contributed by atoms with Crippen LogP contribution in [0.2, 0.25) is 0 Å². The standard InChI is InChI=1S/2C24H24O2.2C15H22/c1-15-6-11-23(19(5)12-15)26-24(25)22-10-9-21(14-18(22)4)20-8-7-16(2)17(3)13-20;1-15-6-8-20(12-17(15)3)21-10-11-23(19(5)14-21)26-24(25)22-9-7-16(2)18(4)13-22;2*1-11-4-7-14(8-5-11)15-9-6-12(2)13(3)10-15/h2*6-14H,1-5H3;2*6,9-11,14H,4-5,7-8H2,1-3H3. The predicted octanol–water partition coefficient (Wildman–Crippen LogP) is 21.4. The van der Waals surface area contributed by atoms with Crippen molar-refractivity contribution in [2.75, 3.05) is 0 Å². The minimum atomic E-state index is -0.324. The molecule has 0 saturated heterocycles. The molecule has 0 atom stereocenters. The quantitative estimate of drug-likeness (QED) is 0.112. The summed E-state index contributed by atoms with van der Waals surface area (Å²) in [6.45, 7) is 34.0. The molecule has 2 fully saturated rings. The lowest BCUT2D eigenvalue weighted by molar-refractivity contribution is 0.0723. The van der Waals surface area contributed by atoms with Crippen LogP contribution in [0, 0.1) is 109 Å². The van der Waals surface area contributed by atoms with E-state index in [9.17, 15) is 9.59 Å². The van der Waals surface area contributed by atoms with Crippen molar-refractivity contribution < 1.29 is 19.1 Å². The second-order valence-corrected chi connectivity index (χ2v) is 24.6. The normalized spacial score (nSPS) is 16.5. The smallest absolute Gasteiger partial charge is 0.343 e. The van der Waals surface area contributed by atoms with Crippen LogP contribution in [-0.4, -0.2) is 11.9 Å². The molecule has 2 aliphatic rings. The molecule has 10 rings (SSSR count). The molecule has 0 heterocycles. The number of ether oxygens (including phenoxy) is 2. The number of esters is 2. The average Bonchev–Trinajstić information content (AvgIpc) is 3.47. The summed E-state index contributed by atoms with van der Waals surface area (Å²) < 4.78 is 11.2. The first-order valence-corrected chi connectivity index (χ1v) is 30.1. The van der Waals surface area contributed by atoms with Gasteiger partial charge in [0, 0.05) is 0 Å². The molecule has 0 bridgehead atoms. The molecule has 428 valence electrons. The molecule has 0 aliphatic heterocycles. The van der Waals surface area contributed by atoms with E-state index >= 15 is 0 Å². The van der Waals surface area contributed by atoms with Gasteiger partial charge in [0.05, 0.1) is 11.1 Å². The highest BCUT2D eigenvalue weighted by atomic mass is 16.5. The first-order chi connectivity index (χ1) is 39.0. The van der Waals surface area contributed by atoms with Crippen LogP contribution in [0.4, 0.5) is 0 Å². The van der Waals surface area contributed by atoms with Crippen LogP contribution < -0.4 is 9.47 Å². The Morgan fingerprint density at radius 1 is 0.305 bits per heavy atom. The maximum absolute atomic E-state index is 12.6. The topological polar surface area (TPSA) is 52.6 Å². The van der Waals surface area contributed by atoms with E-state index in [2.05, 4.69) is 148 Å². The summed E-state index contributed by atoms with van der Waals surface area (Å²) in [7, 11) is 0. The number of rotatable bonds is 8. The Balaban J connectivity index is 0.000000163. The molecule has 4 heteroatoms. The van der Waals surface area contributed by atoms with Gasteiger partial charge in [-0.15, -0.1) is 0 Å². The highest BCUT2D eigenvalue weighted by Gasteiger charge is 2.22. The highest BCUT2D eigenvalue weighted by Crippen LogP contribution is 2.38. The van der Waals surface area contributed by atoms with Crippen LogP contribution in [0.25, 0.3) is 22.3 Å². The maximum atomic E-state index is 12.6. The number of aryl methyl sites for hydroxylation is 14. The zero-order chi connectivity index (χ0) is 59.4. The lowest BCUT2D eigenvalue weighted by Gasteiger charge is -2.26. The van der Waals surface area contributed by atoms with Crippen LogP contribution in [-0.2, 0) is 0 Å². The summed E-state index contributed by atoms with van der Waals surface area (Å²) in [4.78, 5) is 25.0. The largest absolute Gasteiger partial charge is 0.423 e. The van der Waals surface area contributed by atoms with E-state index in [-0.39, 0.29) is 11.9 Å². The lowest BCUT2D eigenvalue weighted by Crippen LogP contribution is -2.11. The Morgan fingerprint density at radius 3 is 1.05 bits per heavy atom. The molecule has 0 amide bonds. The molecule has 0 radical (unpaired) electrons. The summed E-state index contributed by atoms with van der Waals surface area (Å²) in [5.74, 6) is 4.14. The summed E-state index contributed by atoms with van der Waals surface area (Å²) in [5, 5.41) is 0. The van der Waals surface area contributed by atoms with E-state index in [0.717, 1.165) is 73.7 Å². The zero-order valence-corrected chi connectivity index (χ0v) is 52.5. The highest BCUT2D eigenvalue weighted by molar-refractivity contribution is 5.94. The number of hydrogen-bond donors (Lipinski definition) is 0. The molecule has 0 unspecified atom stereocenters. The van der Waals surface area contributed by atoms with Gasteiger partial charge in [0.25, 0.3) is 0 Å². The van der Waals surface area contributed by atoms with Crippen molar-refractivity contribution in [3.8, 4) is 33.8 Å². The third-order valence-corrected chi connectivity index (χ3v) is 17.8. The third kappa shape index (κ3) is 16.9. The summed E-state index contributed by atoms with van der Waals surface area (Å²) in [6.07, 6.45) is 11.2. The molecule has 2 saturated carbocycles. The molecule has 0 aromatic heterocycles. The zero-order valence-electron chi connectivity index (χ0n) is 52.5. The van der Waals surface area contributed by atoms with Gasteiger partial charge in [0.15, 0.2) is 0 Å². The van der Waals surface area contributed by atoms with Crippen LogP contribution >= 0.6 is 0 Å². The van der Waals surface area contributed by atoms with Crippen molar-refractivity contribution in [3.63, 3.8) is 0 Å². The van der Waals surface area contributed by atoms with Crippen LogP contribution in [0.5, 0.6) is 11.5 Å². The van der Waals surface area contributed by atoms with Gasteiger partial charge in [-0.05, 0) is 288 Å². The van der Waals surface area contributed by atoms with Crippen molar-refractivity contribution in [2.45, 2.75) is 174 Å². The fraction of sp³-hybridized carbons (Fsp3) is 0.359. The first-order valence-electron chi connectivity index (χ1n) is 30.1. The molecule has 8 aromatic rings. The number of hydrogen-bond acceptors (Lipinski definition) is 4. The van der Waals surface area contributed by atoms with Gasteiger partial charge < -0.3 is 9.47 Å². The molecule has 0 spiro atoms. The van der Waals surface area contributed by atoms with E-state index in [1.54, 1.807) is 11.1 Å². The van der Waals surface area contributed by atoms with Crippen LogP contribution in [0.15, 0.2) is 146 Å². The van der Waals surface area contributed by atoms with E-state index in [0.29, 0.717) is 22.6 Å². The Bertz CT molecular complexity index is 3430.